The van der Waals surface area contributed by atoms with Gasteiger partial charge in [-0.15, -0.1) is 0 Å². The molecular weight excluding hydrogens is 294 g/mol. The number of aryl methyl sites for hydroxylation is 3. The molecule has 1 amide bonds. The third-order valence-corrected chi connectivity index (χ3v) is 3.35. The Kier molecular flexibility index (Phi) is 5.05. The van der Waals surface area contributed by atoms with Crippen LogP contribution in [0.1, 0.15) is 34.1 Å². The molecule has 1 heterocycles. The first-order chi connectivity index (χ1) is 10.9. The monoisotopic (exact) mass is 313 g/mol. The molecule has 120 valence electrons. The Balaban J connectivity index is 2.05. The Hall–Kier alpha value is -2.76. The van der Waals surface area contributed by atoms with Gasteiger partial charge in [-0.1, -0.05) is 17.7 Å². The topological polar surface area (TPSA) is 81.2 Å². The quantitative estimate of drug-likeness (QED) is 0.877. The zero-order chi connectivity index (χ0) is 17.0. The molecule has 1 N–H and O–H groups in total. The molecule has 0 aliphatic heterocycles. The predicted molar refractivity (Wildman–Crippen MR) is 86.2 cm³/mol. The summed E-state index contributed by atoms with van der Waals surface area (Å²) in [6.07, 6.45) is 3.20. The van der Waals surface area contributed by atoms with Crippen LogP contribution in [0.2, 0.25) is 0 Å². The van der Waals surface area contributed by atoms with Gasteiger partial charge >= 0.3 is 5.97 Å². The van der Waals surface area contributed by atoms with Crippen LogP contribution < -0.4 is 5.32 Å². The van der Waals surface area contributed by atoms with Gasteiger partial charge in [-0.05, 0) is 38.8 Å². The number of aromatic nitrogens is 2. The molecule has 23 heavy (non-hydrogen) atoms. The fourth-order valence-electron chi connectivity index (χ4n) is 2.28. The first-order valence-electron chi connectivity index (χ1n) is 7.24. The van der Waals surface area contributed by atoms with Gasteiger partial charge in [0, 0.05) is 18.1 Å². The van der Waals surface area contributed by atoms with E-state index >= 15 is 0 Å². The Bertz CT molecular complexity index is 706. The highest BCUT2D eigenvalue weighted by Gasteiger charge is 2.21. The smallest absolute Gasteiger partial charge is 0.359 e. The molecule has 6 heteroatoms. The lowest BCUT2D eigenvalue weighted by Gasteiger charge is -2.16. The van der Waals surface area contributed by atoms with E-state index in [1.54, 1.807) is 0 Å². The van der Waals surface area contributed by atoms with Gasteiger partial charge in [-0.25, -0.2) is 9.78 Å². The van der Waals surface area contributed by atoms with Crippen molar-refractivity contribution in [3.8, 4) is 0 Å². The molecule has 6 nitrogen and oxygen atoms in total. The van der Waals surface area contributed by atoms with E-state index in [0.29, 0.717) is 0 Å². The number of hydrogen-bond donors (Lipinski definition) is 1. The van der Waals surface area contributed by atoms with Crippen LogP contribution in [0.25, 0.3) is 0 Å². The molecule has 0 aliphatic carbocycles. The second-order valence-corrected chi connectivity index (χ2v) is 5.40. The minimum atomic E-state index is -0.940. The van der Waals surface area contributed by atoms with Gasteiger partial charge < -0.3 is 10.1 Å². The van der Waals surface area contributed by atoms with E-state index < -0.39 is 18.0 Å². The summed E-state index contributed by atoms with van der Waals surface area (Å²) >= 11 is 0. The van der Waals surface area contributed by atoms with E-state index in [1.165, 1.54) is 25.5 Å². The van der Waals surface area contributed by atoms with Crippen LogP contribution in [0, 0.1) is 20.8 Å². The van der Waals surface area contributed by atoms with Crippen molar-refractivity contribution < 1.29 is 14.3 Å². The molecule has 1 aromatic carbocycles. The van der Waals surface area contributed by atoms with Gasteiger partial charge in [0.2, 0.25) is 0 Å². The van der Waals surface area contributed by atoms with E-state index in [0.717, 1.165) is 22.4 Å². The number of carbonyl (C=O) groups excluding carboxylic acids is 2. The van der Waals surface area contributed by atoms with E-state index in [4.69, 9.17) is 4.74 Å². The second-order valence-electron chi connectivity index (χ2n) is 5.40. The summed E-state index contributed by atoms with van der Waals surface area (Å²) in [4.78, 5) is 31.8. The molecule has 1 atom stereocenters. The fraction of sp³-hybridized carbons (Fsp3) is 0.294. The molecule has 0 bridgehead atoms. The van der Waals surface area contributed by atoms with Crippen LogP contribution >= 0.6 is 0 Å². The SMILES string of the molecule is Cc1cc(C)c(NC(=O)[C@@H](C)OC(=O)c2cnccn2)c(C)c1. The van der Waals surface area contributed by atoms with Gasteiger partial charge in [0.05, 0.1) is 6.20 Å². The molecule has 0 fully saturated rings. The molecule has 0 saturated carbocycles. The van der Waals surface area contributed by atoms with Gasteiger partial charge in [0.1, 0.15) is 0 Å². The summed E-state index contributed by atoms with van der Waals surface area (Å²) in [5, 5.41) is 2.81. The lowest BCUT2D eigenvalue weighted by atomic mass is 10.0. The maximum Gasteiger partial charge on any atom is 0.359 e. The molecule has 0 saturated heterocycles. The highest BCUT2D eigenvalue weighted by atomic mass is 16.5. The molecule has 0 aliphatic rings. The highest BCUT2D eigenvalue weighted by Crippen LogP contribution is 2.22. The standard InChI is InChI=1S/C17H19N3O3/c1-10-7-11(2)15(12(3)8-10)20-16(21)13(4)23-17(22)14-9-18-5-6-19-14/h5-9,13H,1-4H3,(H,20,21)/t13-/m1/s1. The van der Waals surface area contributed by atoms with Crippen molar-refractivity contribution in [1.82, 2.24) is 9.97 Å². The van der Waals surface area contributed by atoms with Gasteiger partial charge in [-0.2, -0.15) is 0 Å². The van der Waals surface area contributed by atoms with Crippen LogP contribution in [0.5, 0.6) is 0 Å². The second kappa shape index (κ2) is 7.00. The molecular formula is C17H19N3O3. The summed E-state index contributed by atoms with van der Waals surface area (Å²) in [5.41, 5.74) is 3.85. The number of benzene rings is 1. The van der Waals surface area contributed by atoms with E-state index in [9.17, 15) is 9.59 Å². The molecule has 1 aromatic heterocycles. The Morgan fingerprint density at radius 2 is 1.78 bits per heavy atom. The first-order valence-corrected chi connectivity index (χ1v) is 7.24. The van der Waals surface area contributed by atoms with E-state index in [-0.39, 0.29) is 5.69 Å². The third kappa shape index (κ3) is 4.12. The number of ether oxygens (including phenoxy) is 1. The lowest BCUT2D eigenvalue weighted by Crippen LogP contribution is -2.30. The third-order valence-electron chi connectivity index (χ3n) is 3.35. The number of nitrogens with zero attached hydrogens (tertiary/aromatic N) is 2. The highest BCUT2D eigenvalue weighted by molar-refractivity contribution is 5.97. The number of anilines is 1. The molecule has 0 spiro atoms. The number of rotatable bonds is 4. The maximum absolute atomic E-state index is 12.2. The summed E-state index contributed by atoms with van der Waals surface area (Å²) in [5.74, 6) is -1.07. The van der Waals surface area contributed by atoms with Crippen molar-refractivity contribution in [2.24, 2.45) is 0 Å². The zero-order valence-electron chi connectivity index (χ0n) is 13.6. The minimum absolute atomic E-state index is 0.0647. The molecule has 0 unspecified atom stereocenters. The molecule has 0 radical (unpaired) electrons. The number of nitrogens with one attached hydrogen (secondary N) is 1. The summed E-state index contributed by atoms with van der Waals surface area (Å²) in [6.45, 7) is 7.36. The number of amides is 1. The van der Waals surface area contributed by atoms with E-state index in [2.05, 4.69) is 15.3 Å². The van der Waals surface area contributed by atoms with Crippen molar-refractivity contribution in [2.75, 3.05) is 5.32 Å². The Labute approximate surface area is 134 Å². The summed E-state index contributed by atoms with van der Waals surface area (Å²) in [6, 6.07) is 3.97. The van der Waals surface area contributed by atoms with Crippen molar-refractivity contribution >= 4 is 17.6 Å². The Morgan fingerprint density at radius 3 is 2.35 bits per heavy atom. The van der Waals surface area contributed by atoms with Crippen molar-refractivity contribution in [3.05, 3.63) is 53.1 Å². The normalized spacial score (nSPS) is 11.7. The van der Waals surface area contributed by atoms with Crippen LogP contribution in [0.3, 0.4) is 0 Å². The summed E-state index contributed by atoms with van der Waals surface area (Å²) < 4.78 is 5.12. The van der Waals surface area contributed by atoms with E-state index in [1.807, 2.05) is 32.9 Å². The summed E-state index contributed by atoms with van der Waals surface area (Å²) in [7, 11) is 0. The zero-order valence-corrected chi connectivity index (χ0v) is 13.6. The minimum Gasteiger partial charge on any atom is -0.448 e. The van der Waals surface area contributed by atoms with Crippen LogP contribution in [0.4, 0.5) is 5.69 Å². The average Bonchev–Trinajstić information content (AvgIpc) is 2.51. The van der Waals surface area contributed by atoms with Gasteiger partial charge in [-0.3, -0.25) is 9.78 Å². The van der Waals surface area contributed by atoms with Crippen molar-refractivity contribution in [2.45, 2.75) is 33.8 Å². The lowest BCUT2D eigenvalue weighted by molar-refractivity contribution is -0.123. The average molecular weight is 313 g/mol. The number of esters is 1. The molecule has 2 aromatic rings. The number of carbonyl (C=O) groups is 2. The fourth-order valence-corrected chi connectivity index (χ4v) is 2.28. The number of hydrogen-bond acceptors (Lipinski definition) is 5. The first kappa shape index (κ1) is 16.6. The Morgan fingerprint density at radius 1 is 1.13 bits per heavy atom. The largest absolute Gasteiger partial charge is 0.448 e. The van der Waals surface area contributed by atoms with Gasteiger partial charge in [0.15, 0.2) is 11.8 Å². The maximum atomic E-state index is 12.2. The van der Waals surface area contributed by atoms with Crippen LogP contribution in [-0.2, 0) is 9.53 Å². The van der Waals surface area contributed by atoms with Crippen LogP contribution in [-0.4, -0.2) is 27.9 Å². The van der Waals surface area contributed by atoms with Crippen molar-refractivity contribution in [3.63, 3.8) is 0 Å². The van der Waals surface area contributed by atoms with Gasteiger partial charge in [0.25, 0.3) is 5.91 Å². The molecule has 2 rings (SSSR count). The van der Waals surface area contributed by atoms with Crippen LogP contribution in [0.15, 0.2) is 30.7 Å². The predicted octanol–water partition coefficient (Wildman–Crippen LogP) is 2.59. The van der Waals surface area contributed by atoms with Crippen molar-refractivity contribution in [1.29, 1.82) is 0 Å².